The van der Waals surface area contributed by atoms with E-state index in [4.69, 9.17) is 0 Å². The summed E-state index contributed by atoms with van der Waals surface area (Å²) in [6.45, 7) is 1.55. The second-order valence-corrected chi connectivity index (χ2v) is 4.84. The third-order valence-electron chi connectivity index (χ3n) is 2.96. The van der Waals surface area contributed by atoms with Crippen molar-refractivity contribution in [1.82, 2.24) is 19.9 Å². The van der Waals surface area contributed by atoms with E-state index < -0.39 is 5.97 Å². The molecule has 0 saturated carbocycles. The Morgan fingerprint density at radius 2 is 2.00 bits per heavy atom. The van der Waals surface area contributed by atoms with Gasteiger partial charge in [0.1, 0.15) is 5.69 Å². The van der Waals surface area contributed by atoms with Crippen LogP contribution in [0, 0.1) is 0 Å². The van der Waals surface area contributed by atoms with Crippen LogP contribution in [-0.2, 0) is 6.54 Å². The number of hydrogen-bond acceptors (Lipinski definition) is 4. The van der Waals surface area contributed by atoms with E-state index >= 15 is 0 Å². The molecule has 0 saturated heterocycles. The van der Waals surface area contributed by atoms with Crippen molar-refractivity contribution in [3.8, 4) is 11.3 Å². The fourth-order valence-electron chi connectivity index (χ4n) is 2.03. The van der Waals surface area contributed by atoms with Crippen molar-refractivity contribution in [2.45, 2.75) is 13.0 Å². The van der Waals surface area contributed by atoms with Gasteiger partial charge in [-0.25, -0.2) is 9.48 Å². The zero-order chi connectivity index (χ0) is 14.5. The van der Waals surface area contributed by atoms with Crippen LogP contribution in [0.5, 0.6) is 0 Å². The highest BCUT2D eigenvalue weighted by atomic mass is 16.4. The van der Waals surface area contributed by atoms with Crippen molar-refractivity contribution >= 4 is 5.97 Å². The Labute approximate surface area is 117 Å². The van der Waals surface area contributed by atoms with Crippen LogP contribution in [0.15, 0.2) is 30.3 Å². The maximum Gasteiger partial charge on any atom is 0.358 e. The van der Waals surface area contributed by atoms with Crippen molar-refractivity contribution in [2.75, 3.05) is 20.6 Å². The second kappa shape index (κ2) is 6.29. The van der Waals surface area contributed by atoms with Crippen molar-refractivity contribution in [3.05, 3.63) is 36.0 Å². The number of carbonyl (C=O) groups is 1. The zero-order valence-electron chi connectivity index (χ0n) is 11.7. The lowest BCUT2D eigenvalue weighted by molar-refractivity contribution is 0.0691. The predicted octanol–water partition coefficient (Wildman–Crippen LogP) is 1.59. The molecule has 0 aliphatic carbocycles. The van der Waals surface area contributed by atoms with Gasteiger partial charge in [0, 0.05) is 12.1 Å². The van der Waals surface area contributed by atoms with Crippen LogP contribution in [0.3, 0.4) is 0 Å². The number of aromatic carboxylic acids is 1. The molecule has 20 heavy (non-hydrogen) atoms. The standard InChI is InChI=1S/C14H18N4O2/c1-17(2)9-6-10-18-13(11-7-4-3-5-8-11)12(14(19)20)15-16-18/h3-5,7-8H,6,9-10H2,1-2H3,(H,19,20). The highest BCUT2D eigenvalue weighted by Crippen LogP contribution is 2.22. The molecule has 0 bridgehead atoms. The molecule has 1 aromatic heterocycles. The van der Waals surface area contributed by atoms with E-state index in [2.05, 4.69) is 15.2 Å². The minimum Gasteiger partial charge on any atom is -0.476 e. The SMILES string of the molecule is CN(C)CCCn1nnc(C(=O)O)c1-c1ccccc1. The molecular weight excluding hydrogens is 256 g/mol. The number of hydrogen-bond donors (Lipinski definition) is 1. The Kier molecular flexibility index (Phi) is 4.47. The van der Waals surface area contributed by atoms with Crippen molar-refractivity contribution in [1.29, 1.82) is 0 Å². The first-order valence-electron chi connectivity index (χ1n) is 6.46. The molecule has 2 aromatic rings. The van der Waals surface area contributed by atoms with Crippen LogP contribution in [0.25, 0.3) is 11.3 Å². The van der Waals surface area contributed by atoms with Gasteiger partial charge in [0.05, 0.1) is 0 Å². The Morgan fingerprint density at radius 3 is 2.60 bits per heavy atom. The van der Waals surface area contributed by atoms with Crippen LogP contribution in [0.2, 0.25) is 0 Å². The van der Waals surface area contributed by atoms with Gasteiger partial charge in [0.25, 0.3) is 0 Å². The fourth-order valence-corrected chi connectivity index (χ4v) is 2.03. The van der Waals surface area contributed by atoms with E-state index in [-0.39, 0.29) is 5.69 Å². The average molecular weight is 274 g/mol. The molecule has 0 spiro atoms. The highest BCUT2D eigenvalue weighted by Gasteiger charge is 2.20. The molecular formula is C14H18N4O2. The topological polar surface area (TPSA) is 71.2 Å². The molecule has 1 heterocycles. The zero-order valence-corrected chi connectivity index (χ0v) is 11.7. The number of rotatable bonds is 6. The van der Waals surface area contributed by atoms with E-state index in [1.165, 1.54) is 0 Å². The van der Waals surface area contributed by atoms with Crippen molar-refractivity contribution in [2.24, 2.45) is 0 Å². The number of aromatic nitrogens is 3. The van der Waals surface area contributed by atoms with Crippen LogP contribution < -0.4 is 0 Å². The summed E-state index contributed by atoms with van der Waals surface area (Å²) < 4.78 is 1.67. The van der Waals surface area contributed by atoms with E-state index in [9.17, 15) is 9.90 Å². The first-order chi connectivity index (χ1) is 9.59. The van der Waals surface area contributed by atoms with Crippen LogP contribution >= 0.6 is 0 Å². The number of benzene rings is 1. The Balaban J connectivity index is 2.31. The number of aryl methyl sites for hydroxylation is 1. The molecule has 0 aliphatic heterocycles. The molecule has 0 atom stereocenters. The largest absolute Gasteiger partial charge is 0.476 e. The smallest absolute Gasteiger partial charge is 0.358 e. The van der Waals surface area contributed by atoms with Gasteiger partial charge < -0.3 is 10.0 Å². The molecule has 0 amide bonds. The third kappa shape index (κ3) is 3.21. The minimum atomic E-state index is -1.05. The average Bonchev–Trinajstić information content (AvgIpc) is 2.83. The Bertz CT molecular complexity index is 578. The van der Waals surface area contributed by atoms with Gasteiger partial charge in [-0.3, -0.25) is 0 Å². The van der Waals surface area contributed by atoms with E-state index in [0.29, 0.717) is 12.2 Å². The molecule has 6 nitrogen and oxygen atoms in total. The number of carboxylic acids is 1. The van der Waals surface area contributed by atoms with Gasteiger partial charge in [-0.1, -0.05) is 35.5 Å². The van der Waals surface area contributed by atoms with Crippen LogP contribution in [0.1, 0.15) is 16.9 Å². The van der Waals surface area contributed by atoms with Gasteiger partial charge >= 0.3 is 5.97 Å². The molecule has 1 aromatic carbocycles. The summed E-state index contributed by atoms with van der Waals surface area (Å²) in [7, 11) is 4.00. The summed E-state index contributed by atoms with van der Waals surface area (Å²) >= 11 is 0. The molecule has 0 radical (unpaired) electrons. The van der Waals surface area contributed by atoms with Gasteiger partial charge in [-0.05, 0) is 27.1 Å². The lowest BCUT2D eigenvalue weighted by Gasteiger charge is -2.10. The van der Waals surface area contributed by atoms with E-state index in [1.807, 2.05) is 44.4 Å². The van der Waals surface area contributed by atoms with Gasteiger partial charge in [-0.15, -0.1) is 5.10 Å². The first-order valence-corrected chi connectivity index (χ1v) is 6.46. The first kappa shape index (κ1) is 14.2. The number of carboxylic acid groups (broad SMARTS) is 1. The molecule has 2 rings (SSSR count). The van der Waals surface area contributed by atoms with Crippen molar-refractivity contribution < 1.29 is 9.90 Å². The summed E-state index contributed by atoms with van der Waals surface area (Å²) in [5.74, 6) is -1.05. The quantitative estimate of drug-likeness (QED) is 0.866. The summed E-state index contributed by atoms with van der Waals surface area (Å²) in [6, 6.07) is 9.38. The maximum absolute atomic E-state index is 11.3. The lowest BCUT2D eigenvalue weighted by Crippen LogP contribution is -2.16. The molecule has 6 heteroatoms. The molecule has 106 valence electrons. The number of nitrogens with zero attached hydrogens (tertiary/aromatic N) is 4. The third-order valence-corrected chi connectivity index (χ3v) is 2.96. The minimum absolute atomic E-state index is 0.000975. The lowest BCUT2D eigenvalue weighted by atomic mass is 10.1. The summed E-state index contributed by atoms with van der Waals surface area (Å²) in [5, 5.41) is 17.0. The molecule has 0 unspecified atom stereocenters. The Morgan fingerprint density at radius 1 is 1.30 bits per heavy atom. The van der Waals surface area contributed by atoms with Gasteiger partial charge in [-0.2, -0.15) is 0 Å². The van der Waals surface area contributed by atoms with E-state index in [1.54, 1.807) is 4.68 Å². The second-order valence-electron chi connectivity index (χ2n) is 4.84. The Hall–Kier alpha value is -2.21. The summed E-state index contributed by atoms with van der Waals surface area (Å²) in [5.41, 5.74) is 1.39. The normalized spacial score (nSPS) is 10.9. The molecule has 0 aliphatic rings. The fraction of sp³-hybridized carbons (Fsp3) is 0.357. The molecule has 0 fully saturated rings. The monoisotopic (exact) mass is 274 g/mol. The highest BCUT2D eigenvalue weighted by molar-refractivity contribution is 5.92. The maximum atomic E-state index is 11.3. The van der Waals surface area contributed by atoms with Crippen molar-refractivity contribution in [3.63, 3.8) is 0 Å². The predicted molar refractivity (Wildman–Crippen MR) is 75.6 cm³/mol. The summed E-state index contributed by atoms with van der Waals surface area (Å²) in [6.07, 6.45) is 0.884. The van der Waals surface area contributed by atoms with Gasteiger partial charge in [0.2, 0.25) is 0 Å². The van der Waals surface area contributed by atoms with Crippen LogP contribution in [-0.4, -0.2) is 51.6 Å². The van der Waals surface area contributed by atoms with Gasteiger partial charge in [0.15, 0.2) is 5.69 Å². The molecule has 1 N–H and O–H groups in total. The van der Waals surface area contributed by atoms with E-state index in [0.717, 1.165) is 18.5 Å². The summed E-state index contributed by atoms with van der Waals surface area (Å²) in [4.78, 5) is 13.3. The van der Waals surface area contributed by atoms with Crippen LogP contribution in [0.4, 0.5) is 0 Å².